The molecule has 3 rings (SSSR count). The maximum absolute atomic E-state index is 12.0. The normalized spacial score (nSPS) is 17.7. The van der Waals surface area contributed by atoms with Crippen LogP contribution in [-0.4, -0.2) is 43.7 Å². The molecule has 1 saturated heterocycles. The highest BCUT2D eigenvalue weighted by Gasteiger charge is 2.26. The molecule has 2 aromatic carbocycles. The highest BCUT2D eigenvalue weighted by atomic mass is 16.5. The number of likely N-dealkylation sites (tertiary alicyclic amines) is 1. The van der Waals surface area contributed by atoms with Crippen LogP contribution in [0.1, 0.15) is 36.5 Å². The van der Waals surface area contributed by atoms with Crippen molar-refractivity contribution in [1.29, 1.82) is 0 Å². The van der Waals surface area contributed by atoms with Gasteiger partial charge in [0.2, 0.25) is 0 Å². The molecule has 1 aliphatic heterocycles. The molecule has 0 amide bonds. The van der Waals surface area contributed by atoms with Crippen molar-refractivity contribution in [2.75, 3.05) is 32.8 Å². The first-order chi connectivity index (χ1) is 14.2. The number of carbonyl (C=O) groups is 1. The zero-order valence-corrected chi connectivity index (χ0v) is 17.5. The minimum absolute atomic E-state index is 0.00825. The predicted molar refractivity (Wildman–Crippen MR) is 116 cm³/mol. The summed E-state index contributed by atoms with van der Waals surface area (Å²) in [6.07, 6.45) is 3.82. The topological polar surface area (TPSA) is 38.8 Å². The van der Waals surface area contributed by atoms with E-state index in [0.717, 1.165) is 43.6 Å². The number of ether oxygens (including phenoxy) is 2. The van der Waals surface area contributed by atoms with Crippen molar-refractivity contribution in [3.05, 3.63) is 77.5 Å². The van der Waals surface area contributed by atoms with Gasteiger partial charge in [-0.1, -0.05) is 54.6 Å². The largest absolute Gasteiger partial charge is 0.499 e. The Morgan fingerprint density at radius 3 is 2.66 bits per heavy atom. The van der Waals surface area contributed by atoms with Gasteiger partial charge in [-0.05, 0) is 49.9 Å². The fourth-order valence-corrected chi connectivity index (χ4v) is 3.82. The first kappa shape index (κ1) is 21.1. The summed E-state index contributed by atoms with van der Waals surface area (Å²) in [4.78, 5) is 14.3. The first-order valence-electron chi connectivity index (χ1n) is 10.5. The van der Waals surface area contributed by atoms with Gasteiger partial charge in [0.1, 0.15) is 6.61 Å². The maximum atomic E-state index is 12.0. The molecule has 4 nitrogen and oxygen atoms in total. The lowest BCUT2D eigenvalue weighted by molar-refractivity contribution is -0.150. The van der Waals surface area contributed by atoms with Gasteiger partial charge in [-0.2, -0.15) is 0 Å². The Labute approximate surface area is 174 Å². The van der Waals surface area contributed by atoms with Crippen LogP contribution >= 0.6 is 0 Å². The third-order valence-electron chi connectivity index (χ3n) is 5.37. The van der Waals surface area contributed by atoms with Gasteiger partial charge < -0.3 is 9.47 Å². The summed E-state index contributed by atoms with van der Waals surface area (Å²) in [7, 11) is 0. The molecule has 1 aliphatic rings. The van der Waals surface area contributed by atoms with Crippen LogP contribution in [-0.2, 0) is 14.3 Å². The van der Waals surface area contributed by atoms with Crippen molar-refractivity contribution in [2.24, 2.45) is 5.92 Å². The summed E-state index contributed by atoms with van der Waals surface area (Å²) >= 11 is 0. The summed E-state index contributed by atoms with van der Waals surface area (Å²) in [5.74, 6) is -0.0741. The Balaban J connectivity index is 1.62. The van der Waals surface area contributed by atoms with E-state index in [4.69, 9.17) is 9.47 Å². The lowest BCUT2D eigenvalue weighted by atomic mass is 9.95. The Hall–Kier alpha value is -2.59. The van der Waals surface area contributed by atoms with Crippen molar-refractivity contribution in [2.45, 2.75) is 26.7 Å². The molecular weight excluding hydrogens is 362 g/mol. The van der Waals surface area contributed by atoms with E-state index in [-0.39, 0.29) is 11.9 Å². The van der Waals surface area contributed by atoms with E-state index in [0.29, 0.717) is 13.2 Å². The summed E-state index contributed by atoms with van der Waals surface area (Å²) in [6, 6.07) is 18.7. The molecule has 1 atom stereocenters. The van der Waals surface area contributed by atoms with Gasteiger partial charge in [0, 0.05) is 18.7 Å². The van der Waals surface area contributed by atoms with E-state index in [9.17, 15) is 4.79 Å². The minimum atomic E-state index is -0.0658. The van der Waals surface area contributed by atoms with Crippen molar-refractivity contribution < 1.29 is 14.3 Å². The van der Waals surface area contributed by atoms with Crippen molar-refractivity contribution in [3.8, 4) is 0 Å². The smallest absolute Gasteiger partial charge is 0.310 e. The maximum Gasteiger partial charge on any atom is 0.310 e. The van der Waals surface area contributed by atoms with E-state index in [1.165, 1.54) is 11.1 Å². The summed E-state index contributed by atoms with van der Waals surface area (Å²) in [6.45, 7) is 7.60. The SMILES string of the molecule is CCOC(=O)[C@@H]1CCCN(CCO/C=C(\c2ccccc2)c2ccccc2C)C1. The second-order valence-corrected chi connectivity index (χ2v) is 7.48. The monoisotopic (exact) mass is 393 g/mol. The second-order valence-electron chi connectivity index (χ2n) is 7.48. The Morgan fingerprint density at radius 1 is 1.14 bits per heavy atom. The molecule has 0 unspecified atom stereocenters. The molecule has 0 bridgehead atoms. The van der Waals surface area contributed by atoms with Gasteiger partial charge in [0.25, 0.3) is 0 Å². The van der Waals surface area contributed by atoms with Crippen LogP contribution in [0.3, 0.4) is 0 Å². The van der Waals surface area contributed by atoms with Gasteiger partial charge >= 0.3 is 5.97 Å². The predicted octanol–water partition coefficient (Wildman–Crippen LogP) is 4.68. The fourth-order valence-electron chi connectivity index (χ4n) is 3.82. The number of rotatable bonds is 8. The van der Waals surface area contributed by atoms with Gasteiger partial charge in [-0.25, -0.2) is 0 Å². The lowest BCUT2D eigenvalue weighted by Gasteiger charge is -2.31. The molecule has 1 fully saturated rings. The summed E-state index contributed by atoms with van der Waals surface area (Å²) < 4.78 is 11.2. The van der Waals surface area contributed by atoms with Gasteiger partial charge in [-0.3, -0.25) is 9.69 Å². The quantitative estimate of drug-likeness (QED) is 0.371. The van der Waals surface area contributed by atoms with Crippen molar-refractivity contribution in [3.63, 3.8) is 0 Å². The van der Waals surface area contributed by atoms with Crippen LogP contribution in [0.4, 0.5) is 0 Å². The zero-order chi connectivity index (χ0) is 20.5. The van der Waals surface area contributed by atoms with Gasteiger partial charge in [0.15, 0.2) is 0 Å². The number of carbonyl (C=O) groups excluding carboxylic acids is 1. The molecule has 29 heavy (non-hydrogen) atoms. The van der Waals surface area contributed by atoms with Crippen molar-refractivity contribution >= 4 is 11.5 Å². The number of esters is 1. The molecule has 0 aliphatic carbocycles. The van der Waals surface area contributed by atoms with E-state index in [2.05, 4.69) is 48.2 Å². The average Bonchev–Trinajstić information content (AvgIpc) is 2.76. The summed E-state index contributed by atoms with van der Waals surface area (Å²) in [5.41, 5.74) is 4.63. The highest BCUT2D eigenvalue weighted by molar-refractivity contribution is 5.80. The number of piperidine rings is 1. The molecular formula is C25H31NO3. The van der Waals surface area contributed by atoms with E-state index >= 15 is 0 Å². The second kappa shape index (κ2) is 10.8. The molecule has 4 heteroatoms. The molecule has 0 radical (unpaired) electrons. The average molecular weight is 394 g/mol. The molecule has 0 aromatic heterocycles. The summed E-state index contributed by atoms with van der Waals surface area (Å²) in [5, 5.41) is 0. The third kappa shape index (κ3) is 5.94. The third-order valence-corrected chi connectivity index (χ3v) is 5.37. The fraction of sp³-hybridized carbons (Fsp3) is 0.400. The Morgan fingerprint density at radius 2 is 1.90 bits per heavy atom. The Kier molecular flexibility index (Phi) is 7.88. The number of benzene rings is 2. The van der Waals surface area contributed by atoms with Crippen LogP contribution in [0.5, 0.6) is 0 Å². The van der Waals surface area contributed by atoms with Crippen LogP contribution < -0.4 is 0 Å². The van der Waals surface area contributed by atoms with E-state index in [1.54, 1.807) is 0 Å². The minimum Gasteiger partial charge on any atom is -0.499 e. The number of hydrogen-bond donors (Lipinski definition) is 0. The Bertz CT molecular complexity index is 816. The first-order valence-corrected chi connectivity index (χ1v) is 10.5. The molecule has 2 aromatic rings. The lowest BCUT2D eigenvalue weighted by Crippen LogP contribution is -2.40. The van der Waals surface area contributed by atoms with E-state index in [1.807, 2.05) is 31.4 Å². The molecule has 154 valence electrons. The number of nitrogens with zero attached hydrogens (tertiary/aromatic N) is 1. The molecule has 0 spiro atoms. The van der Waals surface area contributed by atoms with Crippen LogP contribution in [0, 0.1) is 12.8 Å². The molecule has 0 N–H and O–H groups in total. The van der Waals surface area contributed by atoms with Gasteiger partial charge in [0.05, 0.1) is 18.8 Å². The molecule has 1 heterocycles. The highest BCUT2D eigenvalue weighted by Crippen LogP contribution is 2.26. The zero-order valence-electron chi connectivity index (χ0n) is 17.5. The van der Waals surface area contributed by atoms with Crippen LogP contribution in [0.15, 0.2) is 60.9 Å². The molecule has 0 saturated carbocycles. The number of hydrogen-bond acceptors (Lipinski definition) is 4. The van der Waals surface area contributed by atoms with Crippen molar-refractivity contribution in [1.82, 2.24) is 4.90 Å². The standard InChI is InChI=1S/C25H31NO3/c1-3-29-25(27)22-13-9-15-26(18-22)16-17-28-19-24(21-11-5-4-6-12-21)23-14-8-7-10-20(23)2/h4-8,10-12,14,19,22H,3,9,13,15-18H2,1-2H3/b24-19+/t22-/m1/s1. The van der Waals surface area contributed by atoms with Gasteiger partial charge in [-0.15, -0.1) is 0 Å². The van der Waals surface area contributed by atoms with Crippen LogP contribution in [0.25, 0.3) is 5.57 Å². The van der Waals surface area contributed by atoms with Crippen LogP contribution in [0.2, 0.25) is 0 Å². The van der Waals surface area contributed by atoms with E-state index < -0.39 is 0 Å². The number of aryl methyl sites for hydroxylation is 1.